The maximum Gasteiger partial charge on any atom is 0.226 e. The second kappa shape index (κ2) is 6.29. The molecule has 0 aliphatic heterocycles. The molecule has 2 heterocycles. The Kier molecular flexibility index (Phi) is 4.42. The van der Waals surface area contributed by atoms with Gasteiger partial charge in [-0.05, 0) is 52.5 Å². The summed E-state index contributed by atoms with van der Waals surface area (Å²) in [5.74, 6) is 1.45. The molecule has 7 heteroatoms. The van der Waals surface area contributed by atoms with Crippen molar-refractivity contribution in [2.24, 2.45) is 0 Å². The number of thiophene rings is 1. The SMILES string of the molecule is CCNc1nc(Nc2ccc(Br)cc2Br)c2ccsc2n1. The molecule has 0 aliphatic carbocycles. The molecular weight excluding hydrogens is 416 g/mol. The number of nitrogens with zero attached hydrogens (tertiary/aromatic N) is 2. The highest BCUT2D eigenvalue weighted by atomic mass is 79.9. The van der Waals surface area contributed by atoms with Crippen LogP contribution in [0.2, 0.25) is 0 Å². The number of fused-ring (bicyclic) bond motifs is 1. The Bertz CT molecular complexity index is 788. The second-order valence-electron chi connectivity index (χ2n) is 4.31. The molecule has 108 valence electrons. The molecule has 4 nitrogen and oxygen atoms in total. The van der Waals surface area contributed by atoms with Gasteiger partial charge in [-0.15, -0.1) is 11.3 Å². The van der Waals surface area contributed by atoms with Gasteiger partial charge < -0.3 is 10.6 Å². The number of anilines is 3. The second-order valence-corrected chi connectivity index (χ2v) is 6.98. The van der Waals surface area contributed by atoms with Gasteiger partial charge in [-0.2, -0.15) is 4.98 Å². The quantitative estimate of drug-likeness (QED) is 0.585. The van der Waals surface area contributed by atoms with Crippen molar-refractivity contribution in [1.82, 2.24) is 9.97 Å². The van der Waals surface area contributed by atoms with E-state index in [2.05, 4.69) is 52.5 Å². The highest BCUT2D eigenvalue weighted by Gasteiger charge is 2.10. The summed E-state index contributed by atoms with van der Waals surface area (Å²) >= 11 is 8.62. The fourth-order valence-electron chi connectivity index (χ4n) is 1.91. The summed E-state index contributed by atoms with van der Waals surface area (Å²) in [6.45, 7) is 2.82. The molecule has 0 fully saturated rings. The van der Waals surface area contributed by atoms with Crippen molar-refractivity contribution in [3.05, 3.63) is 38.6 Å². The third-order valence-corrected chi connectivity index (χ3v) is 4.80. The average molecular weight is 428 g/mol. The average Bonchev–Trinajstić information content (AvgIpc) is 2.91. The number of hydrogen-bond donors (Lipinski definition) is 2. The fraction of sp³-hybridized carbons (Fsp3) is 0.143. The number of aromatic nitrogens is 2. The summed E-state index contributed by atoms with van der Waals surface area (Å²) in [5, 5.41) is 9.59. The van der Waals surface area contributed by atoms with E-state index in [1.165, 1.54) is 0 Å². The molecule has 0 radical (unpaired) electrons. The van der Waals surface area contributed by atoms with Gasteiger partial charge in [-0.25, -0.2) is 4.98 Å². The first kappa shape index (κ1) is 14.7. The summed E-state index contributed by atoms with van der Waals surface area (Å²) in [5.41, 5.74) is 0.965. The molecule has 0 saturated heterocycles. The summed E-state index contributed by atoms with van der Waals surface area (Å²) in [4.78, 5) is 10.0. The van der Waals surface area contributed by atoms with Crippen molar-refractivity contribution in [1.29, 1.82) is 0 Å². The maximum atomic E-state index is 4.56. The van der Waals surface area contributed by atoms with Crippen molar-refractivity contribution >= 4 is 70.9 Å². The van der Waals surface area contributed by atoms with Crippen molar-refractivity contribution < 1.29 is 0 Å². The van der Waals surface area contributed by atoms with E-state index in [0.29, 0.717) is 5.95 Å². The fourth-order valence-corrected chi connectivity index (χ4v) is 3.82. The van der Waals surface area contributed by atoms with E-state index in [4.69, 9.17) is 0 Å². The van der Waals surface area contributed by atoms with Crippen molar-refractivity contribution in [2.45, 2.75) is 6.92 Å². The molecule has 3 aromatic rings. The highest BCUT2D eigenvalue weighted by molar-refractivity contribution is 9.11. The maximum absolute atomic E-state index is 4.56. The lowest BCUT2D eigenvalue weighted by Gasteiger charge is -2.11. The standard InChI is InChI=1S/C14H12Br2N4S/c1-2-17-14-19-12(9-5-6-21-13(9)20-14)18-11-4-3-8(15)7-10(11)16/h3-7H,2H2,1H3,(H2,17,18,19,20). The lowest BCUT2D eigenvalue weighted by atomic mass is 10.3. The molecule has 0 atom stereocenters. The van der Waals surface area contributed by atoms with Crippen LogP contribution in [0.3, 0.4) is 0 Å². The predicted molar refractivity (Wildman–Crippen MR) is 96.7 cm³/mol. The first-order valence-corrected chi connectivity index (χ1v) is 8.85. The van der Waals surface area contributed by atoms with Gasteiger partial charge in [-0.3, -0.25) is 0 Å². The predicted octanol–water partition coefficient (Wildman–Crippen LogP) is 5.39. The van der Waals surface area contributed by atoms with Gasteiger partial charge in [0.2, 0.25) is 5.95 Å². The van der Waals surface area contributed by atoms with E-state index < -0.39 is 0 Å². The summed E-state index contributed by atoms with van der Waals surface area (Å²) in [6, 6.07) is 8.02. The van der Waals surface area contributed by atoms with Crippen molar-refractivity contribution in [3.63, 3.8) is 0 Å². The van der Waals surface area contributed by atoms with Crippen molar-refractivity contribution in [2.75, 3.05) is 17.2 Å². The summed E-state index contributed by atoms with van der Waals surface area (Å²) in [7, 11) is 0. The van der Waals surface area contributed by atoms with E-state index in [1.807, 2.05) is 36.6 Å². The molecule has 0 saturated carbocycles. The Labute approximate surface area is 143 Å². The molecule has 1 aromatic carbocycles. The molecule has 0 spiro atoms. The molecule has 21 heavy (non-hydrogen) atoms. The van der Waals surface area contributed by atoms with Gasteiger partial charge in [-0.1, -0.05) is 15.9 Å². The van der Waals surface area contributed by atoms with Crippen molar-refractivity contribution in [3.8, 4) is 0 Å². The van der Waals surface area contributed by atoms with Crippen LogP contribution in [0.1, 0.15) is 6.92 Å². The number of nitrogens with one attached hydrogen (secondary N) is 2. The van der Waals surface area contributed by atoms with Crippen LogP contribution >= 0.6 is 43.2 Å². The molecule has 0 aliphatic rings. The summed E-state index contributed by atoms with van der Waals surface area (Å²) < 4.78 is 2.00. The number of halogens is 2. The number of hydrogen-bond acceptors (Lipinski definition) is 5. The van der Waals surface area contributed by atoms with Gasteiger partial charge in [0.15, 0.2) is 0 Å². The molecule has 2 aromatic heterocycles. The van der Waals surface area contributed by atoms with Crippen LogP contribution in [0.5, 0.6) is 0 Å². The van der Waals surface area contributed by atoms with Crippen LogP contribution in [-0.4, -0.2) is 16.5 Å². The molecule has 2 N–H and O–H groups in total. The minimum absolute atomic E-state index is 0.642. The van der Waals surface area contributed by atoms with Gasteiger partial charge in [0.05, 0.1) is 11.1 Å². The Balaban J connectivity index is 2.04. The smallest absolute Gasteiger partial charge is 0.226 e. The van der Waals surface area contributed by atoms with Gasteiger partial charge in [0.1, 0.15) is 10.6 Å². The minimum atomic E-state index is 0.642. The Hall–Kier alpha value is -1.18. The Morgan fingerprint density at radius 2 is 2.05 bits per heavy atom. The summed E-state index contributed by atoms with van der Waals surface area (Å²) in [6.07, 6.45) is 0. The van der Waals surface area contributed by atoms with Crippen LogP contribution in [-0.2, 0) is 0 Å². The molecule has 0 bridgehead atoms. The highest BCUT2D eigenvalue weighted by Crippen LogP contribution is 2.32. The molecular formula is C14H12Br2N4S. The minimum Gasteiger partial charge on any atom is -0.354 e. The zero-order valence-electron chi connectivity index (χ0n) is 11.2. The first-order valence-electron chi connectivity index (χ1n) is 6.38. The Morgan fingerprint density at radius 1 is 1.19 bits per heavy atom. The number of rotatable bonds is 4. The molecule has 3 rings (SSSR count). The van der Waals surface area contributed by atoms with E-state index in [-0.39, 0.29) is 0 Å². The van der Waals surface area contributed by atoms with Crippen LogP contribution in [0.4, 0.5) is 17.5 Å². The monoisotopic (exact) mass is 426 g/mol. The third-order valence-electron chi connectivity index (χ3n) is 2.84. The van der Waals surface area contributed by atoms with Crippen LogP contribution in [0.15, 0.2) is 38.6 Å². The lowest BCUT2D eigenvalue weighted by Crippen LogP contribution is -2.04. The molecule has 0 amide bonds. The first-order chi connectivity index (χ1) is 10.2. The zero-order valence-corrected chi connectivity index (χ0v) is 15.1. The van der Waals surface area contributed by atoms with Crippen LogP contribution < -0.4 is 10.6 Å². The Morgan fingerprint density at radius 3 is 2.81 bits per heavy atom. The topological polar surface area (TPSA) is 49.8 Å². The van der Waals surface area contributed by atoms with E-state index in [9.17, 15) is 0 Å². The molecule has 0 unspecified atom stereocenters. The van der Waals surface area contributed by atoms with Crippen LogP contribution in [0.25, 0.3) is 10.2 Å². The third kappa shape index (κ3) is 3.20. The van der Waals surface area contributed by atoms with E-state index in [1.54, 1.807) is 11.3 Å². The van der Waals surface area contributed by atoms with Gasteiger partial charge >= 0.3 is 0 Å². The van der Waals surface area contributed by atoms with Gasteiger partial charge in [0, 0.05) is 15.5 Å². The zero-order chi connectivity index (χ0) is 14.8. The van der Waals surface area contributed by atoms with Gasteiger partial charge in [0.25, 0.3) is 0 Å². The van der Waals surface area contributed by atoms with Crippen LogP contribution in [0, 0.1) is 0 Å². The lowest BCUT2D eigenvalue weighted by molar-refractivity contribution is 1.11. The largest absolute Gasteiger partial charge is 0.354 e. The number of benzene rings is 1. The van der Waals surface area contributed by atoms with E-state index >= 15 is 0 Å². The van der Waals surface area contributed by atoms with E-state index in [0.717, 1.165) is 37.2 Å². The normalized spacial score (nSPS) is 10.8.